The second-order valence-electron chi connectivity index (χ2n) is 4.06. The van der Waals surface area contributed by atoms with Gasteiger partial charge in [0, 0.05) is 19.2 Å². The van der Waals surface area contributed by atoms with Gasteiger partial charge < -0.3 is 10.1 Å². The van der Waals surface area contributed by atoms with Crippen LogP contribution in [0.25, 0.3) is 0 Å². The first-order chi connectivity index (χ1) is 7.90. The van der Waals surface area contributed by atoms with Gasteiger partial charge in [-0.15, -0.1) is 0 Å². The molecule has 0 radical (unpaired) electrons. The van der Waals surface area contributed by atoms with E-state index in [9.17, 15) is 0 Å². The first kappa shape index (κ1) is 11.1. The Labute approximate surface area is 96.0 Å². The lowest BCUT2D eigenvalue weighted by Crippen LogP contribution is -2.32. The van der Waals surface area contributed by atoms with Gasteiger partial charge in [-0.2, -0.15) is 5.26 Å². The van der Waals surface area contributed by atoms with E-state index >= 15 is 0 Å². The first-order valence-corrected chi connectivity index (χ1v) is 5.66. The number of benzene rings is 1. The maximum atomic E-state index is 9.13. The molecule has 0 aliphatic carbocycles. The van der Waals surface area contributed by atoms with Crippen molar-refractivity contribution in [3.63, 3.8) is 0 Å². The Morgan fingerprint density at radius 2 is 2.25 bits per heavy atom. The summed E-state index contributed by atoms with van der Waals surface area (Å²) in [5.41, 5.74) is 1.08. The molecule has 0 amide bonds. The Balaban J connectivity index is 1.89. The molecule has 1 N–H and O–H groups in total. The van der Waals surface area contributed by atoms with Gasteiger partial charge in [-0.25, -0.2) is 0 Å². The van der Waals surface area contributed by atoms with E-state index in [0.29, 0.717) is 12.6 Å². The SMILES string of the molecule is N#CC(CNC1CCOC1)c1ccccc1. The highest BCUT2D eigenvalue weighted by Crippen LogP contribution is 2.14. The van der Waals surface area contributed by atoms with Gasteiger partial charge in [-0.05, 0) is 12.0 Å². The van der Waals surface area contributed by atoms with Gasteiger partial charge in [-0.3, -0.25) is 0 Å². The molecule has 0 aromatic heterocycles. The number of ether oxygens (including phenoxy) is 1. The van der Waals surface area contributed by atoms with Crippen LogP contribution in [-0.4, -0.2) is 25.8 Å². The van der Waals surface area contributed by atoms with Crippen LogP contribution < -0.4 is 5.32 Å². The molecule has 84 valence electrons. The first-order valence-electron chi connectivity index (χ1n) is 5.66. The second-order valence-corrected chi connectivity index (χ2v) is 4.06. The fraction of sp³-hybridized carbons (Fsp3) is 0.462. The van der Waals surface area contributed by atoms with Crippen molar-refractivity contribution >= 4 is 0 Å². The summed E-state index contributed by atoms with van der Waals surface area (Å²) in [6, 6.07) is 12.7. The number of nitrogens with one attached hydrogen (secondary N) is 1. The zero-order chi connectivity index (χ0) is 11.2. The fourth-order valence-corrected chi connectivity index (χ4v) is 1.90. The van der Waals surface area contributed by atoms with Crippen molar-refractivity contribution < 1.29 is 4.74 Å². The molecule has 1 aromatic rings. The minimum absolute atomic E-state index is 0.0678. The van der Waals surface area contributed by atoms with Crippen molar-refractivity contribution in [1.82, 2.24) is 5.32 Å². The molecule has 3 nitrogen and oxygen atoms in total. The third-order valence-electron chi connectivity index (χ3n) is 2.90. The molecule has 2 rings (SSSR count). The molecule has 1 aromatic carbocycles. The number of hydrogen-bond acceptors (Lipinski definition) is 3. The molecule has 0 spiro atoms. The monoisotopic (exact) mass is 216 g/mol. The molecule has 0 saturated carbocycles. The lowest BCUT2D eigenvalue weighted by atomic mass is 10.0. The van der Waals surface area contributed by atoms with E-state index in [1.165, 1.54) is 0 Å². The van der Waals surface area contributed by atoms with Gasteiger partial charge in [-0.1, -0.05) is 30.3 Å². The summed E-state index contributed by atoms with van der Waals surface area (Å²) in [6.07, 6.45) is 1.05. The van der Waals surface area contributed by atoms with Crippen LogP contribution in [0.2, 0.25) is 0 Å². The molecule has 16 heavy (non-hydrogen) atoms. The molecule has 1 saturated heterocycles. The maximum absolute atomic E-state index is 9.13. The molecule has 0 bridgehead atoms. The standard InChI is InChI=1S/C13H16N2O/c14-8-12(11-4-2-1-3-5-11)9-15-13-6-7-16-10-13/h1-5,12-13,15H,6-7,9-10H2. The molecule has 1 aliphatic rings. The number of hydrogen-bond donors (Lipinski definition) is 1. The molecule has 3 heteroatoms. The maximum Gasteiger partial charge on any atom is 0.0837 e. The molecule has 2 unspecified atom stereocenters. The van der Waals surface area contributed by atoms with E-state index in [1.807, 2.05) is 30.3 Å². The van der Waals surface area contributed by atoms with Gasteiger partial charge in [0.1, 0.15) is 0 Å². The van der Waals surface area contributed by atoms with E-state index in [-0.39, 0.29) is 5.92 Å². The number of nitriles is 1. The summed E-state index contributed by atoms with van der Waals surface area (Å²) in [5, 5.41) is 12.5. The minimum Gasteiger partial charge on any atom is -0.380 e. The van der Waals surface area contributed by atoms with E-state index in [4.69, 9.17) is 10.00 Å². The number of rotatable bonds is 4. The lowest BCUT2D eigenvalue weighted by Gasteiger charge is -2.14. The second kappa shape index (κ2) is 5.64. The van der Waals surface area contributed by atoms with Crippen LogP contribution in [0.3, 0.4) is 0 Å². The fourth-order valence-electron chi connectivity index (χ4n) is 1.90. The van der Waals surface area contributed by atoms with Crippen molar-refractivity contribution in [3.8, 4) is 6.07 Å². The molecule has 1 fully saturated rings. The number of nitrogens with zero attached hydrogens (tertiary/aromatic N) is 1. The van der Waals surface area contributed by atoms with Gasteiger partial charge in [0.25, 0.3) is 0 Å². The summed E-state index contributed by atoms with van der Waals surface area (Å²) < 4.78 is 5.28. The van der Waals surface area contributed by atoms with E-state index in [1.54, 1.807) is 0 Å². The third-order valence-corrected chi connectivity index (χ3v) is 2.90. The summed E-state index contributed by atoms with van der Waals surface area (Å²) in [6.45, 7) is 2.31. The summed E-state index contributed by atoms with van der Waals surface area (Å²) in [5.74, 6) is -0.0678. The Morgan fingerprint density at radius 3 is 2.88 bits per heavy atom. The largest absolute Gasteiger partial charge is 0.380 e. The van der Waals surface area contributed by atoms with Crippen molar-refractivity contribution in [3.05, 3.63) is 35.9 Å². The van der Waals surface area contributed by atoms with E-state index in [0.717, 1.165) is 25.2 Å². The van der Waals surface area contributed by atoms with Crippen LogP contribution in [0.5, 0.6) is 0 Å². The summed E-state index contributed by atoms with van der Waals surface area (Å²) in [4.78, 5) is 0. The van der Waals surface area contributed by atoms with Gasteiger partial charge in [0.05, 0.1) is 18.6 Å². The van der Waals surface area contributed by atoms with Crippen LogP contribution in [0, 0.1) is 11.3 Å². The highest BCUT2D eigenvalue weighted by molar-refractivity contribution is 5.25. The molecular formula is C13H16N2O. The molecule has 2 atom stereocenters. The Morgan fingerprint density at radius 1 is 1.44 bits per heavy atom. The average molecular weight is 216 g/mol. The Hall–Kier alpha value is -1.37. The third kappa shape index (κ3) is 2.82. The van der Waals surface area contributed by atoms with Crippen LogP contribution in [0.1, 0.15) is 17.9 Å². The van der Waals surface area contributed by atoms with E-state index in [2.05, 4.69) is 11.4 Å². The zero-order valence-electron chi connectivity index (χ0n) is 9.23. The average Bonchev–Trinajstić information content (AvgIpc) is 2.84. The van der Waals surface area contributed by atoms with Gasteiger partial charge in [0.15, 0.2) is 0 Å². The normalized spacial score (nSPS) is 21.6. The van der Waals surface area contributed by atoms with Crippen molar-refractivity contribution in [2.75, 3.05) is 19.8 Å². The Kier molecular flexibility index (Phi) is 3.92. The molecule has 1 heterocycles. The highest BCUT2D eigenvalue weighted by atomic mass is 16.5. The molecule has 1 aliphatic heterocycles. The summed E-state index contributed by atoms with van der Waals surface area (Å²) in [7, 11) is 0. The predicted molar refractivity (Wildman–Crippen MR) is 62.0 cm³/mol. The minimum atomic E-state index is -0.0678. The van der Waals surface area contributed by atoms with Gasteiger partial charge in [0.2, 0.25) is 0 Å². The van der Waals surface area contributed by atoms with Crippen LogP contribution in [0.4, 0.5) is 0 Å². The van der Waals surface area contributed by atoms with Crippen LogP contribution in [0.15, 0.2) is 30.3 Å². The van der Waals surface area contributed by atoms with Gasteiger partial charge >= 0.3 is 0 Å². The van der Waals surface area contributed by atoms with Crippen molar-refractivity contribution in [2.24, 2.45) is 0 Å². The smallest absolute Gasteiger partial charge is 0.0837 e. The lowest BCUT2D eigenvalue weighted by molar-refractivity contribution is 0.190. The van der Waals surface area contributed by atoms with Crippen LogP contribution >= 0.6 is 0 Å². The molecular weight excluding hydrogens is 200 g/mol. The Bertz CT molecular complexity index is 352. The van der Waals surface area contributed by atoms with Crippen molar-refractivity contribution in [2.45, 2.75) is 18.4 Å². The van der Waals surface area contributed by atoms with Crippen LogP contribution in [-0.2, 0) is 4.74 Å². The van der Waals surface area contributed by atoms with Crippen molar-refractivity contribution in [1.29, 1.82) is 5.26 Å². The zero-order valence-corrected chi connectivity index (χ0v) is 9.23. The highest BCUT2D eigenvalue weighted by Gasteiger charge is 2.17. The summed E-state index contributed by atoms with van der Waals surface area (Å²) >= 11 is 0. The quantitative estimate of drug-likeness (QED) is 0.832. The van der Waals surface area contributed by atoms with E-state index < -0.39 is 0 Å². The predicted octanol–water partition coefficient (Wildman–Crippen LogP) is 1.67. The topological polar surface area (TPSA) is 45.0 Å².